The summed E-state index contributed by atoms with van der Waals surface area (Å²) in [5, 5.41) is 0. The normalized spacial score (nSPS) is 25.7. The molecule has 1 aromatic heterocycles. The number of nitrogens with one attached hydrogen (secondary N) is 1. The molecule has 1 heterocycles. The number of aryl methyl sites for hydroxylation is 1. The Kier molecular flexibility index (Phi) is 2.83. The molecule has 3 heteroatoms. The Morgan fingerprint density at radius 2 is 2.13 bits per heavy atom. The van der Waals surface area contributed by atoms with E-state index in [9.17, 15) is 0 Å². The van der Waals surface area contributed by atoms with Gasteiger partial charge in [0.05, 0.1) is 5.69 Å². The van der Waals surface area contributed by atoms with Crippen molar-refractivity contribution < 1.29 is 0 Å². The minimum Gasteiger partial charge on any atom is -0.346 e. The van der Waals surface area contributed by atoms with Crippen molar-refractivity contribution in [3.05, 3.63) is 17.2 Å². The quantitative estimate of drug-likeness (QED) is 0.797. The molecule has 1 aliphatic carbocycles. The molecule has 15 heavy (non-hydrogen) atoms. The van der Waals surface area contributed by atoms with Gasteiger partial charge in [0.1, 0.15) is 5.82 Å². The first-order chi connectivity index (χ1) is 7.06. The second-order valence-electron chi connectivity index (χ2n) is 5.22. The Balaban J connectivity index is 2.07. The highest BCUT2D eigenvalue weighted by atomic mass is 15.0. The molecule has 84 valence electrons. The van der Waals surface area contributed by atoms with Gasteiger partial charge in [0.2, 0.25) is 0 Å². The van der Waals surface area contributed by atoms with Crippen molar-refractivity contribution in [2.24, 2.45) is 11.7 Å². The van der Waals surface area contributed by atoms with Crippen LogP contribution < -0.4 is 5.73 Å². The average molecular weight is 207 g/mol. The fourth-order valence-electron chi connectivity index (χ4n) is 2.19. The molecule has 1 fully saturated rings. The lowest BCUT2D eigenvalue weighted by atomic mass is 9.80. The van der Waals surface area contributed by atoms with Crippen LogP contribution in [0.5, 0.6) is 0 Å². The fraction of sp³-hybridized carbons (Fsp3) is 0.750. The first kappa shape index (κ1) is 10.7. The van der Waals surface area contributed by atoms with E-state index in [4.69, 9.17) is 10.7 Å². The molecular formula is C12H21N3. The number of nitrogens with two attached hydrogens (primary N) is 1. The molecule has 1 saturated carbocycles. The molecule has 2 rings (SSSR count). The van der Waals surface area contributed by atoms with Crippen molar-refractivity contribution in [2.75, 3.05) is 0 Å². The van der Waals surface area contributed by atoms with Crippen LogP contribution in [-0.4, -0.2) is 16.0 Å². The molecule has 0 aliphatic heterocycles. The number of aromatic nitrogens is 2. The number of rotatable bonds is 3. The van der Waals surface area contributed by atoms with Crippen LogP contribution in [0.4, 0.5) is 0 Å². The highest BCUT2D eigenvalue weighted by Crippen LogP contribution is 2.34. The van der Waals surface area contributed by atoms with Crippen molar-refractivity contribution in [1.82, 2.24) is 9.97 Å². The van der Waals surface area contributed by atoms with Crippen LogP contribution in [0.1, 0.15) is 49.8 Å². The third-order valence-electron chi connectivity index (χ3n) is 3.17. The molecule has 0 spiro atoms. The predicted molar refractivity (Wildman–Crippen MR) is 61.8 cm³/mol. The molecule has 0 aromatic carbocycles. The summed E-state index contributed by atoms with van der Waals surface area (Å²) in [6, 6.07) is 0.397. The smallest absolute Gasteiger partial charge is 0.109 e. The van der Waals surface area contributed by atoms with Crippen LogP contribution in [-0.2, 0) is 6.42 Å². The second kappa shape index (κ2) is 3.97. The van der Waals surface area contributed by atoms with Crippen molar-refractivity contribution in [3.8, 4) is 0 Å². The maximum Gasteiger partial charge on any atom is 0.109 e. The summed E-state index contributed by atoms with van der Waals surface area (Å²) in [6.45, 7) is 6.58. The number of H-pyrrole nitrogens is 1. The van der Waals surface area contributed by atoms with Gasteiger partial charge >= 0.3 is 0 Å². The summed E-state index contributed by atoms with van der Waals surface area (Å²) in [6.07, 6.45) is 3.25. The van der Waals surface area contributed by atoms with E-state index in [-0.39, 0.29) is 0 Å². The van der Waals surface area contributed by atoms with E-state index in [1.807, 2.05) is 0 Å². The van der Waals surface area contributed by atoms with Crippen LogP contribution in [0.3, 0.4) is 0 Å². The lowest BCUT2D eigenvalue weighted by Crippen LogP contribution is -2.35. The molecular weight excluding hydrogens is 186 g/mol. The van der Waals surface area contributed by atoms with Crippen molar-refractivity contribution in [3.63, 3.8) is 0 Å². The third-order valence-corrected chi connectivity index (χ3v) is 3.17. The number of hydrogen-bond donors (Lipinski definition) is 2. The Hall–Kier alpha value is -0.830. The van der Waals surface area contributed by atoms with Gasteiger partial charge in [0, 0.05) is 17.7 Å². The Morgan fingerprint density at radius 3 is 2.67 bits per heavy atom. The average Bonchev–Trinajstić information content (AvgIpc) is 2.41. The van der Waals surface area contributed by atoms with Gasteiger partial charge in [-0.3, -0.25) is 0 Å². The Labute approximate surface area is 91.5 Å². The second-order valence-corrected chi connectivity index (χ2v) is 5.22. The third kappa shape index (κ3) is 2.23. The van der Waals surface area contributed by atoms with E-state index >= 15 is 0 Å². The van der Waals surface area contributed by atoms with Crippen LogP contribution in [0.15, 0.2) is 0 Å². The summed E-state index contributed by atoms with van der Waals surface area (Å²) in [4.78, 5) is 8.10. The van der Waals surface area contributed by atoms with Gasteiger partial charge in [-0.2, -0.15) is 0 Å². The van der Waals surface area contributed by atoms with Crippen LogP contribution >= 0.6 is 0 Å². The maximum absolute atomic E-state index is 5.79. The van der Waals surface area contributed by atoms with Gasteiger partial charge in [-0.1, -0.05) is 13.8 Å². The predicted octanol–water partition coefficient (Wildman–Crippen LogP) is 2.12. The van der Waals surface area contributed by atoms with Crippen LogP contribution in [0.25, 0.3) is 0 Å². The molecule has 0 atom stereocenters. The van der Waals surface area contributed by atoms with Gasteiger partial charge in [0.15, 0.2) is 0 Å². The molecule has 3 nitrogen and oxygen atoms in total. The Bertz CT molecular complexity index is 335. The van der Waals surface area contributed by atoms with Gasteiger partial charge in [-0.25, -0.2) is 4.98 Å². The van der Waals surface area contributed by atoms with E-state index in [1.165, 1.54) is 11.4 Å². The van der Waals surface area contributed by atoms with Crippen molar-refractivity contribution in [2.45, 2.75) is 52.0 Å². The Morgan fingerprint density at radius 1 is 1.47 bits per heavy atom. The maximum atomic E-state index is 5.79. The lowest BCUT2D eigenvalue weighted by molar-refractivity contribution is 0.339. The van der Waals surface area contributed by atoms with E-state index in [0.29, 0.717) is 17.9 Å². The number of nitrogens with zero attached hydrogens (tertiary/aromatic N) is 1. The van der Waals surface area contributed by atoms with E-state index < -0.39 is 0 Å². The molecule has 3 N–H and O–H groups in total. The minimum absolute atomic E-state index is 0.397. The minimum atomic E-state index is 0.397. The highest BCUT2D eigenvalue weighted by Gasteiger charge is 2.30. The van der Waals surface area contributed by atoms with E-state index in [1.54, 1.807) is 0 Å². The zero-order valence-electron chi connectivity index (χ0n) is 9.88. The summed E-state index contributed by atoms with van der Waals surface area (Å²) < 4.78 is 0. The number of aromatic amines is 1. The number of hydrogen-bond acceptors (Lipinski definition) is 2. The summed E-state index contributed by atoms with van der Waals surface area (Å²) in [7, 11) is 0. The first-order valence-electron chi connectivity index (χ1n) is 5.87. The molecule has 0 radical (unpaired) electrons. The summed E-state index contributed by atoms with van der Waals surface area (Å²) >= 11 is 0. The van der Waals surface area contributed by atoms with Gasteiger partial charge in [-0.05, 0) is 32.1 Å². The molecule has 0 unspecified atom stereocenters. The molecule has 0 amide bonds. The van der Waals surface area contributed by atoms with Gasteiger partial charge < -0.3 is 10.7 Å². The molecule has 0 bridgehead atoms. The van der Waals surface area contributed by atoms with Crippen LogP contribution in [0, 0.1) is 12.8 Å². The SMILES string of the molecule is Cc1[nH]c(C2CC(N)C2)nc1CC(C)C. The monoisotopic (exact) mass is 207 g/mol. The fourth-order valence-corrected chi connectivity index (χ4v) is 2.19. The van der Waals surface area contributed by atoms with Gasteiger partial charge in [-0.15, -0.1) is 0 Å². The molecule has 1 aliphatic rings. The zero-order chi connectivity index (χ0) is 11.0. The topological polar surface area (TPSA) is 54.7 Å². The number of imidazole rings is 1. The molecule has 0 saturated heterocycles. The van der Waals surface area contributed by atoms with Crippen LogP contribution in [0.2, 0.25) is 0 Å². The van der Waals surface area contributed by atoms with Crippen molar-refractivity contribution in [1.29, 1.82) is 0 Å². The zero-order valence-corrected chi connectivity index (χ0v) is 9.88. The van der Waals surface area contributed by atoms with Gasteiger partial charge in [0.25, 0.3) is 0 Å². The first-order valence-corrected chi connectivity index (χ1v) is 5.87. The largest absolute Gasteiger partial charge is 0.346 e. The molecule has 1 aromatic rings. The highest BCUT2D eigenvalue weighted by molar-refractivity contribution is 5.18. The van der Waals surface area contributed by atoms with Crippen molar-refractivity contribution >= 4 is 0 Å². The van der Waals surface area contributed by atoms with E-state index in [0.717, 1.165) is 25.1 Å². The van der Waals surface area contributed by atoms with E-state index in [2.05, 4.69) is 25.8 Å². The summed E-state index contributed by atoms with van der Waals surface area (Å²) in [5.74, 6) is 2.41. The lowest BCUT2D eigenvalue weighted by Gasteiger charge is -2.30. The standard InChI is InChI=1S/C12H21N3/c1-7(2)4-11-8(3)14-12(15-11)9-5-10(13)6-9/h7,9-10H,4-6,13H2,1-3H3,(H,14,15). The summed E-state index contributed by atoms with van der Waals surface area (Å²) in [5.41, 5.74) is 8.26.